The molecule has 0 radical (unpaired) electrons. The molecule has 1 aliphatic carbocycles. The molecule has 14 heavy (non-hydrogen) atoms. The summed E-state index contributed by atoms with van der Waals surface area (Å²) in [5.41, 5.74) is 2.76. The molecule has 0 N–H and O–H groups in total. The van der Waals surface area contributed by atoms with Gasteiger partial charge in [0.05, 0.1) is 6.10 Å². The van der Waals surface area contributed by atoms with Gasteiger partial charge in [0.15, 0.2) is 0 Å². The van der Waals surface area contributed by atoms with E-state index in [1.807, 2.05) is 0 Å². The number of benzene rings is 1. The maximum absolute atomic E-state index is 5.56. The van der Waals surface area contributed by atoms with Gasteiger partial charge in [0, 0.05) is 0 Å². The maximum atomic E-state index is 5.56. The van der Waals surface area contributed by atoms with Crippen LogP contribution in [-0.2, 0) is 15.9 Å². The highest BCUT2D eigenvalue weighted by Gasteiger charge is 2.34. The van der Waals surface area contributed by atoms with E-state index in [2.05, 4.69) is 24.3 Å². The van der Waals surface area contributed by atoms with Gasteiger partial charge in [0.2, 0.25) is 0 Å². The van der Waals surface area contributed by atoms with E-state index in [1.165, 1.54) is 11.1 Å². The van der Waals surface area contributed by atoms with Gasteiger partial charge in [-0.25, -0.2) is 0 Å². The summed E-state index contributed by atoms with van der Waals surface area (Å²) in [5.74, 6) is 0. The largest absolute Gasteiger partial charge is 0.349 e. The molecule has 2 aliphatic rings. The summed E-state index contributed by atoms with van der Waals surface area (Å²) in [6.07, 6.45) is 2.72. The summed E-state index contributed by atoms with van der Waals surface area (Å²) in [6, 6.07) is 8.51. The predicted molar refractivity (Wildman–Crippen MR) is 55.6 cm³/mol. The molecule has 1 aliphatic heterocycles. The molecule has 1 saturated heterocycles. The molecule has 3 rings (SSSR count). The van der Waals surface area contributed by atoms with Gasteiger partial charge in [-0.3, -0.25) is 0 Å². The van der Waals surface area contributed by atoms with Crippen molar-refractivity contribution < 1.29 is 9.47 Å². The Bertz CT molecular complexity index is 327. The zero-order valence-electron chi connectivity index (χ0n) is 7.81. The lowest BCUT2D eigenvalue weighted by molar-refractivity contribution is 0.0386. The Hall–Kier alpha value is -0.570. The van der Waals surface area contributed by atoms with Gasteiger partial charge >= 0.3 is 0 Å². The van der Waals surface area contributed by atoms with Gasteiger partial charge in [-0.15, -0.1) is 12.4 Å². The van der Waals surface area contributed by atoms with E-state index in [9.17, 15) is 0 Å². The molecule has 0 bridgehead atoms. The summed E-state index contributed by atoms with van der Waals surface area (Å²) in [7, 11) is 0. The first kappa shape index (κ1) is 9.97. The molecule has 3 heteroatoms. The van der Waals surface area contributed by atoms with Gasteiger partial charge in [-0.05, 0) is 24.0 Å². The van der Waals surface area contributed by atoms with Crippen LogP contribution in [0, 0.1) is 0 Å². The first-order valence-corrected chi connectivity index (χ1v) is 4.76. The van der Waals surface area contributed by atoms with Crippen LogP contribution in [0.25, 0.3) is 0 Å². The third-order valence-corrected chi connectivity index (χ3v) is 2.93. The molecule has 2 nitrogen and oxygen atoms in total. The summed E-state index contributed by atoms with van der Waals surface area (Å²) in [5, 5.41) is 0. The van der Waals surface area contributed by atoms with E-state index in [0.717, 1.165) is 12.8 Å². The van der Waals surface area contributed by atoms with Crippen molar-refractivity contribution in [3.05, 3.63) is 35.4 Å². The topological polar surface area (TPSA) is 18.5 Å². The second-order valence-electron chi connectivity index (χ2n) is 3.65. The van der Waals surface area contributed by atoms with Gasteiger partial charge in [0.25, 0.3) is 0 Å². The molecule has 0 saturated carbocycles. The van der Waals surface area contributed by atoms with E-state index < -0.39 is 0 Å². The minimum absolute atomic E-state index is 0. The van der Waals surface area contributed by atoms with Crippen LogP contribution in [0.5, 0.6) is 0 Å². The lowest BCUT2D eigenvalue weighted by Crippen LogP contribution is -2.22. The van der Waals surface area contributed by atoms with Crippen LogP contribution in [0.2, 0.25) is 0 Å². The molecule has 0 aromatic heterocycles. The van der Waals surface area contributed by atoms with Crippen LogP contribution >= 0.6 is 12.4 Å². The fourth-order valence-electron chi connectivity index (χ4n) is 2.26. The Labute approximate surface area is 89.6 Å². The van der Waals surface area contributed by atoms with Crippen LogP contribution < -0.4 is 0 Å². The van der Waals surface area contributed by atoms with Crippen molar-refractivity contribution in [3.8, 4) is 0 Å². The molecule has 0 amide bonds. The second kappa shape index (κ2) is 3.89. The fourth-order valence-corrected chi connectivity index (χ4v) is 2.26. The van der Waals surface area contributed by atoms with Gasteiger partial charge in [0.1, 0.15) is 12.9 Å². The average Bonchev–Trinajstić information content (AvgIpc) is 2.65. The molecular weight excluding hydrogens is 200 g/mol. The number of fused-ring (bicyclic) bond motifs is 3. The lowest BCUT2D eigenvalue weighted by atomic mass is 9.88. The monoisotopic (exact) mass is 212 g/mol. The van der Waals surface area contributed by atoms with Crippen molar-refractivity contribution >= 4 is 12.4 Å². The standard InChI is InChI=1S/C11H12O2.ClH/c1-2-4-9-8(3-1)5-6-10-11(9)13-7-12-10;/h1-4,10-11H,5-7H2;1H. The van der Waals surface area contributed by atoms with Crippen molar-refractivity contribution in [2.45, 2.75) is 25.0 Å². The molecule has 1 heterocycles. The Kier molecular flexibility index (Phi) is 2.77. The second-order valence-corrected chi connectivity index (χ2v) is 3.65. The number of rotatable bonds is 0. The third kappa shape index (κ3) is 1.44. The van der Waals surface area contributed by atoms with Gasteiger partial charge < -0.3 is 9.47 Å². The van der Waals surface area contributed by atoms with E-state index in [1.54, 1.807) is 0 Å². The van der Waals surface area contributed by atoms with Crippen LogP contribution in [0.1, 0.15) is 23.7 Å². The molecule has 1 fully saturated rings. The zero-order valence-corrected chi connectivity index (χ0v) is 8.63. The van der Waals surface area contributed by atoms with E-state index in [-0.39, 0.29) is 18.5 Å². The number of halogens is 1. The number of hydrogen-bond donors (Lipinski definition) is 0. The molecule has 0 spiro atoms. The predicted octanol–water partition coefficient (Wildman–Crippen LogP) is 2.47. The van der Waals surface area contributed by atoms with Crippen molar-refractivity contribution in [1.29, 1.82) is 0 Å². The Morgan fingerprint density at radius 2 is 2.00 bits per heavy atom. The lowest BCUT2D eigenvalue weighted by Gasteiger charge is -2.25. The zero-order chi connectivity index (χ0) is 8.67. The highest BCUT2D eigenvalue weighted by molar-refractivity contribution is 5.85. The highest BCUT2D eigenvalue weighted by Crippen LogP contribution is 2.37. The third-order valence-electron chi connectivity index (χ3n) is 2.93. The summed E-state index contributed by atoms with van der Waals surface area (Å²) < 4.78 is 11.1. The Morgan fingerprint density at radius 1 is 1.14 bits per heavy atom. The Balaban J connectivity index is 0.000000750. The average molecular weight is 213 g/mol. The van der Waals surface area contributed by atoms with Gasteiger partial charge in [-0.2, -0.15) is 0 Å². The van der Waals surface area contributed by atoms with Crippen molar-refractivity contribution in [1.82, 2.24) is 0 Å². The fraction of sp³-hybridized carbons (Fsp3) is 0.455. The van der Waals surface area contributed by atoms with Crippen LogP contribution in [0.15, 0.2) is 24.3 Å². The summed E-state index contributed by atoms with van der Waals surface area (Å²) >= 11 is 0. The van der Waals surface area contributed by atoms with Crippen LogP contribution in [0.4, 0.5) is 0 Å². The summed E-state index contributed by atoms with van der Waals surface area (Å²) in [6.45, 7) is 0.462. The van der Waals surface area contributed by atoms with Crippen molar-refractivity contribution in [2.75, 3.05) is 6.79 Å². The van der Waals surface area contributed by atoms with Crippen LogP contribution in [-0.4, -0.2) is 12.9 Å². The number of ether oxygens (including phenoxy) is 2. The molecule has 76 valence electrons. The first-order chi connectivity index (χ1) is 6.45. The minimum Gasteiger partial charge on any atom is -0.349 e. The van der Waals surface area contributed by atoms with E-state index in [0.29, 0.717) is 12.9 Å². The smallest absolute Gasteiger partial charge is 0.148 e. The molecule has 1 aromatic rings. The first-order valence-electron chi connectivity index (χ1n) is 4.76. The molecular formula is C11H13ClO2. The normalized spacial score (nSPS) is 28.9. The number of hydrogen-bond acceptors (Lipinski definition) is 2. The highest BCUT2D eigenvalue weighted by atomic mass is 35.5. The van der Waals surface area contributed by atoms with Crippen molar-refractivity contribution in [3.63, 3.8) is 0 Å². The van der Waals surface area contributed by atoms with Gasteiger partial charge in [-0.1, -0.05) is 24.3 Å². The minimum atomic E-state index is 0. The molecule has 2 unspecified atom stereocenters. The maximum Gasteiger partial charge on any atom is 0.148 e. The Morgan fingerprint density at radius 3 is 2.93 bits per heavy atom. The quantitative estimate of drug-likeness (QED) is 0.658. The van der Waals surface area contributed by atoms with E-state index >= 15 is 0 Å². The SMILES string of the molecule is Cl.c1ccc2c(c1)CCC1OCOC21. The van der Waals surface area contributed by atoms with Crippen LogP contribution in [0.3, 0.4) is 0 Å². The van der Waals surface area contributed by atoms with Crippen molar-refractivity contribution in [2.24, 2.45) is 0 Å². The molecule has 2 atom stereocenters. The summed E-state index contributed by atoms with van der Waals surface area (Å²) in [4.78, 5) is 0. The molecule has 1 aromatic carbocycles. The van der Waals surface area contributed by atoms with E-state index in [4.69, 9.17) is 9.47 Å². The number of aryl methyl sites for hydroxylation is 1.